The maximum Gasteiger partial charge on any atom is 0.255 e. The monoisotopic (exact) mass is 375 g/mol. The molecule has 3 aromatic rings. The number of aromatic nitrogens is 2. The van der Waals surface area contributed by atoms with Crippen molar-refractivity contribution < 1.29 is 4.79 Å². The second-order valence-electron chi connectivity index (χ2n) is 7.44. The highest BCUT2D eigenvalue weighted by Crippen LogP contribution is 2.25. The van der Waals surface area contributed by atoms with Gasteiger partial charge in [-0.25, -0.2) is 9.97 Å². The van der Waals surface area contributed by atoms with E-state index in [1.807, 2.05) is 18.2 Å². The van der Waals surface area contributed by atoms with Crippen molar-refractivity contribution >= 4 is 28.4 Å². The Labute approximate surface area is 164 Å². The molecule has 0 atom stereocenters. The predicted octanol–water partition coefficient (Wildman–Crippen LogP) is 3.67. The Morgan fingerprint density at radius 2 is 1.82 bits per heavy atom. The van der Waals surface area contributed by atoms with Gasteiger partial charge in [0.1, 0.15) is 11.6 Å². The van der Waals surface area contributed by atoms with Gasteiger partial charge in [-0.15, -0.1) is 0 Å². The van der Waals surface area contributed by atoms with Crippen molar-refractivity contribution in [1.82, 2.24) is 15.3 Å². The highest BCUT2D eigenvalue weighted by atomic mass is 16.1. The quantitative estimate of drug-likeness (QED) is 0.647. The number of fused-ring (bicyclic) bond motifs is 1. The number of aryl methyl sites for hydroxylation is 1. The molecule has 28 heavy (non-hydrogen) atoms. The molecule has 4 rings (SSSR count). The van der Waals surface area contributed by atoms with Crippen LogP contribution in [0.4, 0.5) is 11.6 Å². The van der Waals surface area contributed by atoms with Gasteiger partial charge in [-0.3, -0.25) is 4.79 Å². The Kier molecular flexibility index (Phi) is 5.10. The van der Waals surface area contributed by atoms with Gasteiger partial charge in [-0.1, -0.05) is 18.2 Å². The number of anilines is 2. The number of carbonyl (C=O) groups is 1. The Morgan fingerprint density at radius 3 is 2.61 bits per heavy atom. The molecule has 0 unspecified atom stereocenters. The van der Waals surface area contributed by atoms with Crippen LogP contribution in [-0.4, -0.2) is 28.0 Å². The summed E-state index contributed by atoms with van der Waals surface area (Å²) in [5, 5.41) is 7.86. The maximum absolute atomic E-state index is 12.4. The zero-order valence-electron chi connectivity index (χ0n) is 16.0. The Morgan fingerprint density at radius 1 is 1.07 bits per heavy atom. The van der Waals surface area contributed by atoms with Crippen LogP contribution in [0.25, 0.3) is 10.9 Å². The number of nitrogens with two attached hydrogens (primary N) is 1. The third-order valence-corrected chi connectivity index (χ3v) is 5.42. The van der Waals surface area contributed by atoms with E-state index in [1.165, 1.54) is 10.9 Å². The van der Waals surface area contributed by atoms with Gasteiger partial charge in [0.05, 0.1) is 11.1 Å². The number of nitrogen functional groups attached to an aromatic ring is 1. The number of nitrogens with zero attached hydrogens (tertiary/aromatic N) is 2. The van der Waals surface area contributed by atoms with Gasteiger partial charge < -0.3 is 16.4 Å². The Hall–Kier alpha value is -3.15. The molecule has 0 saturated heterocycles. The fourth-order valence-electron chi connectivity index (χ4n) is 3.89. The van der Waals surface area contributed by atoms with E-state index in [2.05, 4.69) is 34.7 Å². The number of hydrogen-bond donors (Lipinski definition) is 3. The van der Waals surface area contributed by atoms with Crippen LogP contribution in [0.3, 0.4) is 0 Å². The number of rotatable bonds is 4. The fourth-order valence-corrected chi connectivity index (χ4v) is 3.89. The third kappa shape index (κ3) is 3.91. The number of amides is 1. The minimum absolute atomic E-state index is 0.145. The summed E-state index contributed by atoms with van der Waals surface area (Å²) in [6.07, 6.45) is 5.42. The third-order valence-electron chi connectivity index (χ3n) is 5.42. The van der Waals surface area contributed by atoms with E-state index in [-0.39, 0.29) is 17.8 Å². The van der Waals surface area contributed by atoms with Crippen LogP contribution >= 0.6 is 0 Å². The molecule has 6 nitrogen and oxygen atoms in total. The lowest BCUT2D eigenvalue weighted by Gasteiger charge is -2.30. The lowest BCUT2D eigenvalue weighted by molar-refractivity contribution is 0.0927. The molecule has 0 bridgehead atoms. The standard InChI is InChI=1S/C22H25N5O/c1-14-13-20(27-19-7-3-2-5-17(14)19)25-15-8-10-16(11-9-15)26-22(28)18-6-4-12-24-21(18)23/h2-7,12-13,15-16H,8-11H2,1H3,(H2,23,24)(H,25,27)(H,26,28)/t15-,16+. The number of pyridine rings is 2. The first-order chi connectivity index (χ1) is 13.6. The molecule has 0 radical (unpaired) electrons. The van der Waals surface area contributed by atoms with Gasteiger partial charge in [0, 0.05) is 23.7 Å². The summed E-state index contributed by atoms with van der Waals surface area (Å²) < 4.78 is 0. The van der Waals surface area contributed by atoms with Gasteiger partial charge in [0.25, 0.3) is 5.91 Å². The summed E-state index contributed by atoms with van der Waals surface area (Å²) in [7, 11) is 0. The summed E-state index contributed by atoms with van der Waals surface area (Å²) in [5.74, 6) is 1.05. The molecule has 2 aromatic heterocycles. The topological polar surface area (TPSA) is 92.9 Å². The van der Waals surface area contributed by atoms with Crippen LogP contribution in [-0.2, 0) is 0 Å². The molecule has 0 spiro atoms. The maximum atomic E-state index is 12.4. The van der Waals surface area contributed by atoms with Crippen LogP contribution in [0.1, 0.15) is 41.6 Å². The first-order valence-electron chi connectivity index (χ1n) is 9.74. The molecular formula is C22H25N5O. The fraction of sp³-hybridized carbons (Fsp3) is 0.318. The first kappa shape index (κ1) is 18.2. The molecule has 6 heteroatoms. The van der Waals surface area contributed by atoms with Crippen LogP contribution < -0.4 is 16.4 Å². The number of carbonyl (C=O) groups excluding carboxylic acids is 1. The van der Waals surface area contributed by atoms with Crippen molar-refractivity contribution in [2.75, 3.05) is 11.1 Å². The number of hydrogen-bond acceptors (Lipinski definition) is 5. The van der Waals surface area contributed by atoms with Gasteiger partial charge in [-0.2, -0.15) is 0 Å². The van der Waals surface area contributed by atoms with Crippen molar-refractivity contribution in [3.63, 3.8) is 0 Å². The summed E-state index contributed by atoms with van der Waals surface area (Å²) >= 11 is 0. The second-order valence-corrected chi connectivity index (χ2v) is 7.44. The molecule has 2 heterocycles. The normalized spacial score (nSPS) is 19.3. The van der Waals surface area contributed by atoms with Crippen molar-refractivity contribution in [2.45, 2.75) is 44.7 Å². The largest absolute Gasteiger partial charge is 0.383 e. The van der Waals surface area contributed by atoms with E-state index >= 15 is 0 Å². The van der Waals surface area contributed by atoms with E-state index in [0.717, 1.165) is 37.0 Å². The number of benzene rings is 1. The van der Waals surface area contributed by atoms with E-state index < -0.39 is 0 Å². The molecule has 1 amide bonds. The summed E-state index contributed by atoms with van der Waals surface area (Å²) in [5.41, 5.74) is 8.48. The van der Waals surface area contributed by atoms with Crippen LogP contribution in [0, 0.1) is 6.92 Å². The smallest absolute Gasteiger partial charge is 0.255 e. The van der Waals surface area contributed by atoms with Crippen molar-refractivity contribution in [2.24, 2.45) is 0 Å². The lowest BCUT2D eigenvalue weighted by atomic mass is 9.91. The average Bonchev–Trinajstić information content (AvgIpc) is 2.70. The zero-order chi connectivity index (χ0) is 19.5. The molecule has 1 fully saturated rings. The van der Waals surface area contributed by atoms with Gasteiger partial charge >= 0.3 is 0 Å². The minimum atomic E-state index is -0.145. The van der Waals surface area contributed by atoms with Crippen molar-refractivity contribution in [3.05, 3.63) is 59.8 Å². The van der Waals surface area contributed by atoms with Crippen LogP contribution in [0.5, 0.6) is 0 Å². The molecule has 4 N–H and O–H groups in total. The number of para-hydroxylation sites is 1. The molecule has 1 aliphatic carbocycles. The Bertz CT molecular complexity index is 995. The second kappa shape index (κ2) is 7.84. The van der Waals surface area contributed by atoms with E-state index in [9.17, 15) is 4.79 Å². The van der Waals surface area contributed by atoms with Gasteiger partial charge in [0.2, 0.25) is 0 Å². The molecule has 0 aliphatic heterocycles. The van der Waals surface area contributed by atoms with Crippen molar-refractivity contribution in [1.29, 1.82) is 0 Å². The van der Waals surface area contributed by atoms with Gasteiger partial charge in [-0.05, 0) is 62.4 Å². The molecular weight excluding hydrogens is 350 g/mol. The number of nitrogens with one attached hydrogen (secondary N) is 2. The van der Waals surface area contributed by atoms with E-state index in [1.54, 1.807) is 18.3 Å². The minimum Gasteiger partial charge on any atom is -0.383 e. The highest BCUT2D eigenvalue weighted by molar-refractivity contribution is 5.98. The molecule has 1 aromatic carbocycles. The SMILES string of the molecule is Cc1cc(N[C@H]2CC[C@@H](NC(=O)c3cccnc3N)CC2)nc2ccccc12. The summed E-state index contributed by atoms with van der Waals surface area (Å²) in [4.78, 5) is 21.1. The zero-order valence-corrected chi connectivity index (χ0v) is 16.0. The average molecular weight is 375 g/mol. The molecule has 144 valence electrons. The predicted molar refractivity (Wildman–Crippen MR) is 112 cm³/mol. The molecule has 1 aliphatic rings. The van der Waals surface area contributed by atoms with E-state index in [4.69, 9.17) is 10.7 Å². The van der Waals surface area contributed by atoms with Crippen molar-refractivity contribution in [3.8, 4) is 0 Å². The van der Waals surface area contributed by atoms with Crippen LogP contribution in [0.2, 0.25) is 0 Å². The van der Waals surface area contributed by atoms with E-state index in [0.29, 0.717) is 11.6 Å². The Balaban J connectivity index is 1.34. The lowest BCUT2D eigenvalue weighted by Crippen LogP contribution is -2.40. The summed E-state index contributed by atoms with van der Waals surface area (Å²) in [6, 6.07) is 14.3. The van der Waals surface area contributed by atoms with Crippen LogP contribution in [0.15, 0.2) is 48.7 Å². The highest BCUT2D eigenvalue weighted by Gasteiger charge is 2.23. The van der Waals surface area contributed by atoms with Gasteiger partial charge in [0.15, 0.2) is 0 Å². The first-order valence-corrected chi connectivity index (χ1v) is 9.74. The summed E-state index contributed by atoms with van der Waals surface area (Å²) in [6.45, 7) is 2.12. The molecule has 1 saturated carbocycles.